The lowest BCUT2D eigenvalue weighted by Gasteiger charge is -2.11. The average Bonchev–Trinajstić information content (AvgIpc) is 3.23. The molecule has 0 unspecified atom stereocenters. The van der Waals surface area contributed by atoms with Crippen LogP contribution in [0.4, 0.5) is 0 Å². The van der Waals surface area contributed by atoms with Crippen molar-refractivity contribution in [3.8, 4) is 11.5 Å². The highest BCUT2D eigenvalue weighted by Crippen LogP contribution is 2.28. The zero-order chi connectivity index (χ0) is 21.6. The maximum Gasteiger partial charge on any atom is 0.307 e. The number of ether oxygens (including phenoxy) is 2. The van der Waals surface area contributed by atoms with Crippen LogP contribution in [0.1, 0.15) is 21.7 Å². The Balaban J connectivity index is 1.39. The summed E-state index contributed by atoms with van der Waals surface area (Å²) >= 11 is 2.27. The van der Waals surface area contributed by atoms with Crippen molar-refractivity contribution >= 4 is 45.7 Å². The number of nitrogens with zero attached hydrogens (tertiary/aromatic N) is 1. The number of furan rings is 1. The van der Waals surface area contributed by atoms with Crippen molar-refractivity contribution in [2.75, 3.05) is 7.11 Å². The third-order valence-electron chi connectivity index (χ3n) is 4.52. The molecular weight excluding hydrogens is 507 g/mol. The number of methoxy groups -OCH3 is 1. The molecule has 31 heavy (non-hydrogen) atoms. The SMILES string of the molecule is COc1cc(/C=N/NC(=O)c2cc3ccccc3o2)ccc1OCc1ccc(I)cc1. The number of benzene rings is 3. The van der Waals surface area contributed by atoms with Gasteiger partial charge in [-0.3, -0.25) is 4.79 Å². The maximum atomic E-state index is 12.3. The smallest absolute Gasteiger partial charge is 0.307 e. The summed E-state index contributed by atoms with van der Waals surface area (Å²) in [6.07, 6.45) is 1.53. The van der Waals surface area contributed by atoms with E-state index in [9.17, 15) is 4.79 Å². The van der Waals surface area contributed by atoms with Crippen molar-refractivity contribution in [2.45, 2.75) is 6.61 Å². The molecule has 1 N–H and O–H groups in total. The molecule has 0 atom stereocenters. The van der Waals surface area contributed by atoms with Gasteiger partial charge in [0, 0.05) is 8.96 Å². The van der Waals surface area contributed by atoms with E-state index in [0.29, 0.717) is 23.7 Å². The number of hydrogen-bond acceptors (Lipinski definition) is 5. The topological polar surface area (TPSA) is 73.1 Å². The van der Waals surface area contributed by atoms with Gasteiger partial charge in [-0.2, -0.15) is 5.10 Å². The largest absolute Gasteiger partial charge is 0.493 e. The molecule has 0 aliphatic heterocycles. The van der Waals surface area contributed by atoms with E-state index in [0.717, 1.165) is 16.5 Å². The fraction of sp³-hybridized carbons (Fsp3) is 0.0833. The molecule has 0 aliphatic carbocycles. The minimum absolute atomic E-state index is 0.204. The van der Waals surface area contributed by atoms with Gasteiger partial charge >= 0.3 is 5.91 Å². The van der Waals surface area contributed by atoms with Gasteiger partial charge in [0.2, 0.25) is 0 Å². The Morgan fingerprint density at radius 1 is 1.06 bits per heavy atom. The van der Waals surface area contributed by atoms with E-state index in [2.05, 4.69) is 33.1 Å². The van der Waals surface area contributed by atoms with E-state index >= 15 is 0 Å². The van der Waals surface area contributed by atoms with Crippen molar-refractivity contribution in [1.29, 1.82) is 0 Å². The third kappa shape index (κ3) is 5.24. The van der Waals surface area contributed by atoms with Crippen LogP contribution >= 0.6 is 22.6 Å². The lowest BCUT2D eigenvalue weighted by molar-refractivity contribution is 0.0929. The number of hydrogen-bond donors (Lipinski definition) is 1. The first-order valence-corrected chi connectivity index (χ1v) is 10.6. The van der Waals surface area contributed by atoms with Gasteiger partial charge in [0.25, 0.3) is 0 Å². The third-order valence-corrected chi connectivity index (χ3v) is 5.24. The predicted molar refractivity (Wildman–Crippen MR) is 128 cm³/mol. The number of hydrazone groups is 1. The second-order valence-corrected chi connectivity index (χ2v) is 7.92. The molecule has 0 bridgehead atoms. The number of rotatable bonds is 7. The summed E-state index contributed by atoms with van der Waals surface area (Å²) in [5, 5.41) is 4.88. The number of fused-ring (bicyclic) bond motifs is 1. The Kier molecular flexibility index (Phi) is 6.51. The Bertz CT molecular complexity index is 1200. The molecule has 0 fully saturated rings. The lowest BCUT2D eigenvalue weighted by Crippen LogP contribution is -2.16. The second-order valence-electron chi connectivity index (χ2n) is 6.67. The van der Waals surface area contributed by atoms with E-state index in [1.807, 2.05) is 60.7 Å². The van der Waals surface area contributed by atoms with Crippen LogP contribution in [0.5, 0.6) is 11.5 Å². The Morgan fingerprint density at radius 3 is 2.65 bits per heavy atom. The van der Waals surface area contributed by atoms with E-state index in [1.54, 1.807) is 19.2 Å². The number of amides is 1. The van der Waals surface area contributed by atoms with Crippen molar-refractivity contribution in [3.63, 3.8) is 0 Å². The van der Waals surface area contributed by atoms with Crippen LogP contribution in [0.15, 0.2) is 82.3 Å². The molecule has 0 aliphatic rings. The summed E-state index contributed by atoms with van der Waals surface area (Å²) < 4.78 is 18.0. The van der Waals surface area contributed by atoms with Crippen LogP contribution in [-0.4, -0.2) is 19.2 Å². The molecule has 3 aromatic carbocycles. The van der Waals surface area contributed by atoms with Gasteiger partial charge < -0.3 is 13.9 Å². The highest BCUT2D eigenvalue weighted by atomic mass is 127. The molecule has 4 rings (SSSR count). The molecule has 6 nitrogen and oxygen atoms in total. The van der Waals surface area contributed by atoms with Crippen molar-refractivity contribution in [3.05, 3.63) is 93.3 Å². The standard InChI is InChI=1S/C24H19IN2O4/c1-29-22-12-17(8-11-21(22)30-15-16-6-9-19(25)10-7-16)14-26-27-24(28)23-13-18-4-2-3-5-20(18)31-23/h2-14H,15H2,1H3,(H,27,28)/b26-14+. The molecule has 1 amide bonds. The molecular formula is C24H19IN2O4. The van der Waals surface area contributed by atoms with Gasteiger partial charge in [0.1, 0.15) is 12.2 Å². The fourth-order valence-electron chi connectivity index (χ4n) is 2.94. The Hall–Kier alpha value is -3.33. The van der Waals surface area contributed by atoms with Crippen LogP contribution in [0.2, 0.25) is 0 Å². The average molecular weight is 526 g/mol. The normalized spacial score (nSPS) is 11.0. The monoisotopic (exact) mass is 526 g/mol. The highest BCUT2D eigenvalue weighted by Gasteiger charge is 2.11. The summed E-state index contributed by atoms with van der Waals surface area (Å²) in [7, 11) is 1.58. The number of carbonyl (C=O) groups is 1. The lowest BCUT2D eigenvalue weighted by atomic mass is 10.2. The quantitative estimate of drug-likeness (QED) is 0.199. The zero-order valence-corrected chi connectivity index (χ0v) is 18.8. The summed E-state index contributed by atoms with van der Waals surface area (Å²) in [5.74, 6) is 0.995. The van der Waals surface area contributed by atoms with Gasteiger partial charge in [-0.25, -0.2) is 5.43 Å². The first-order chi connectivity index (χ1) is 15.1. The molecule has 0 saturated heterocycles. The summed E-state index contributed by atoms with van der Waals surface area (Å²) in [6, 6.07) is 22.7. The van der Waals surface area contributed by atoms with E-state index in [-0.39, 0.29) is 5.76 Å². The van der Waals surface area contributed by atoms with Crippen molar-refractivity contribution in [1.82, 2.24) is 5.43 Å². The minimum atomic E-state index is -0.420. The van der Waals surface area contributed by atoms with Crippen molar-refractivity contribution < 1.29 is 18.7 Å². The zero-order valence-electron chi connectivity index (χ0n) is 16.7. The van der Waals surface area contributed by atoms with E-state index in [1.165, 1.54) is 9.78 Å². The van der Waals surface area contributed by atoms with Crippen LogP contribution in [0, 0.1) is 3.57 Å². The molecule has 4 aromatic rings. The van der Waals surface area contributed by atoms with Gasteiger partial charge in [-0.15, -0.1) is 0 Å². The van der Waals surface area contributed by atoms with Gasteiger partial charge in [0.15, 0.2) is 17.3 Å². The van der Waals surface area contributed by atoms with E-state index in [4.69, 9.17) is 13.9 Å². The number of nitrogens with one attached hydrogen (secondary N) is 1. The number of halogens is 1. The van der Waals surface area contributed by atoms with Gasteiger partial charge in [0.05, 0.1) is 13.3 Å². The van der Waals surface area contributed by atoms with Crippen LogP contribution in [0.3, 0.4) is 0 Å². The first-order valence-electron chi connectivity index (χ1n) is 9.49. The Labute approximate surface area is 193 Å². The minimum Gasteiger partial charge on any atom is -0.493 e. The summed E-state index contributed by atoms with van der Waals surface area (Å²) in [5.41, 5.74) is 4.95. The molecule has 0 spiro atoms. The summed E-state index contributed by atoms with van der Waals surface area (Å²) in [4.78, 5) is 12.3. The van der Waals surface area contributed by atoms with Gasteiger partial charge in [-0.05, 0) is 76.2 Å². The maximum absolute atomic E-state index is 12.3. The molecule has 0 radical (unpaired) electrons. The van der Waals surface area contributed by atoms with Crippen LogP contribution < -0.4 is 14.9 Å². The number of carbonyl (C=O) groups excluding carboxylic acids is 1. The molecule has 156 valence electrons. The molecule has 1 heterocycles. The number of para-hydroxylation sites is 1. The van der Waals surface area contributed by atoms with Crippen molar-refractivity contribution in [2.24, 2.45) is 5.10 Å². The first kappa shape index (κ1) is 20.9. The summed E-state index contributed by atoms with van der Waals surface area (Å²) in [6.45, 7) is 0.439. The predicted octanol–water partition coefficient (Wildman–Crippen LogP) is 5.39. The van der Waals surface area contributed by atoms with Crippen LogP contribution in [0.25, 0.3) is 11.0 Å². The highest BCUT2D eigenvalue weighted by molar-refractivity contribution is 14.1. The van der Waals surface area contributed by atoms with Gasteiger partial charge in [-0.1, -0.05) is 30.3 Å². The Morgan fingerprint density at radius 2 is 1.87 bits per heavy atom. The van der Waals surface area contributed by atoms with E-state index < -0.39 is 5.91 Å². The fourth-order valence-corrected chi connectivity index (χ4v) is 3.30. The molecule has 1 aromatic heterocycles. The molecule has 0 saturated carbocycles. The van der Waals surface area contributed by atoms with Crippen LogP contribution in [-0.2, 0) is 6.61 Å². The second kappa shape index (κ2) is 9.65. The molecule has 7 heteroatoms.